The van der Waals surface area contributed by atoms with E-state index in [0.717, 1.165) is 24.3 Å². The lowest BCUT2D eigenvalue weighted by molar-refractivity contribution is -0.136. The van der Waals surface area contributed by atoms with Crippen molar-refractivity contribution < 1.29 is 14.6 Å². The van der Waals surface area contributed by atoms with Crippen LogP contribution in [0.1, 0.15) is 54.9 Å². The molecular formula is C17H26O3. The van der Waals surface area contributed by atoms with Crippen molar-refractivity contribution in [1.82, 2.24) is 0 Å². The third kappa shape index (κ3) is 5.33. The van der Waals surface area contributed by atoms with E-state index in [1.54, 1.807) is 0 Å². The van der Waals surface area contributed by atoms with Crippen molar-refractivity contribution in [2.24, 2.45) is 0 Å². The zero-order valence-electron chi connectivity index (χ0n) is 13.0. The molecule has 0 saturated heterocycles. The molecule has 1 aromatic rings. The Morgan fingerprint density at radius 3 is 2.20 bits per heavy atom. The summed E-state index contributed by atoms with van der Waals surface area (Å²) in [6.45, 7) is 9.77. The maximum atomic E-state index is 10.7. The highest BCUT2D eigenvalue weighted by atomic mass is 16.5. The minimum Gasteiger partial charge on any atom is -0.481 e. The molecule has 0 unspecified atom stereocenters. The van der Waals surface area contributed by atoms with Gasteiger partial charge in [0.1, 0.15) is 0 Å². The van der Waals surface area contributed by atoms with E-state index in [2.05, 4.69) is 19.1 Å². The Morgan fingerprint density at radius 2 is 1.80 bits per heavy atom. The van der Waals surface area contributed by atoms with Gasteiger partial charge in [0.15, 0.2) is 0 Å². The molecule has 0 radical (unpaired) electrons. The summed E-state index contributed by atoms with van der Waals surface area (Å²) in [5.74, 6) is -0.0538. The van der Waals surface area contributed by atoms with Crippen molar-refractivity contribution in [2.75, 3.05) is 13.2 Å². The summed E-state index contributed by atoms with van der Waals surface area (Å²) in [6.07, 6.45) is 2.67. The van der Waals surface area contributed by atoms with E-state index in [9.17, 15) is 4.79 Å². The molecule has 1 aromatic carbocycles. The number of hydrogen-bond acceptors (Lipinski definition) is 2. The number of carboxylic acids is 1. The van der Waals surface area contributed by atoms with Crippen molar-refractivity contribution in [3.8, 4) is 0 Å². The van der Waals surface area contributed by atoms with Gasteiger partial charge in [0.25, 0.3) is 0 Å². The van der Waals surface area contributed by atoms with Gasteiger partial charge in [-0.05, 0) is 68.7 Å². The second-order valence-electron chi connectivity index (χ2n) is 5.26. The molecule has 1 aliphatic carbocycles. The topological polar surface area (TPSA) is 46.5 Å². The standard InChI is InChI=1S/C13H16O2.C4H10O/c1-8-5-9(2)12(10-3-4-10)6-11(8)7-13(14)15;1-3-5-4-2/h5-6,10H,3-4,7H2,1-2H3,(H,14,15);3-4H2,1-2H3. The molecule has 3 heteroatoms. The van der Waals surface area contributed by atoms with Crippen LogP contribution in [0, 0.1) is 13.8 Å². The normalized spacial score (nSPS) is 13.6. The molecule has 0 atom stereocenters. The lowest BCUT2D eigenvalue weighted by atomic mass is 9.95. The fraction of sp³-hybridized carbons (Fsp3) is 0.588. The zero-order valence-corrected chi connectivity index (χ0v) is 13.0. The fourth-order valence-electron chi connectivity index (χ4n) is 2.31. The summed E-state index contributed by atoms with van der Waals surface area (Å²) in [5.41, 5.74) is 4.73. The van der Waals surface area contributed by atoms with E-state index in [0.29, 0.717) is 5.92 Å². The third-order valence-corrected chi connectivity index (χ3v) is 3.49. The highest BCUT2D eigenvalue weighted by Crippen LogP contribution is 2.42. The first-order valence-electron chi connectivity index (χ1n) is 7.39. The lowest BCUT2D eigenvalue weighted by Gasteiger charge is -2.10. The summed E-state index contributed by atoms with van der Waals surface area (Å²) in [4.78, 5) is 10.7. The van der Waals surface area contributed by atoms with Crippen molar-refractivity contribution in [2.45, 2.75) is 52.9 Å². The predicted octanol–water partition coefficient (Wildman–Crippen LogP) is 3.85. The van der Waals surface area contributed by atoms with Crippen LogP contribution in [0.4, 0.5) is 0 Å². The van der Waals surface area contributed by atoms with Gasteiger partial charge < -0.3 is 9.84 Å². The van der Waals surface area contributed by atoms with Crippen LogP contribution in [0.15, 0.2) is 12.1 Å². The highest BCUT2D eigenvalue weighted by Gasteiger charge is 2.25. The Bertz CT molecular complexity index is 446. The van der Waals surface area contributed by atoms with E-state index >= 15 is 0 Å². The first-order chi connectivity index (χ1) is 9.49. The van der Waals surface area contributed by atoms with Gasteiger partial charge in [0.2, 0.25) is 0 Å². The number of aliphatic carboxylic acids is 1. The number of benzene rings is 1. The van der Waals surface area contributed by atoms with Crippen molar-refractivity contribution >= 4 is 5.97 Å². The summed E-state index contributed by atoms with van der Waals surface area (Å²) < 4.78 is 4.83. The number of hydrogen-bond donors (Lipinski definition) is 1. The molecule has 0 spiro atoms. The fourth-order valence-corrected chi connectivity index (χ4v) is 2.31. The second kappa shape index (κ2) is 8.05. The van der Waals surface area contributed by atoms with Gasteiger partial charge in [-0.3, -0.25) is 4.79 Å². The number of carbonyl (C=O) groups is 1. The Morgan fingerprint density at radius 1 is 1.20 bits per heavy atom. The number of aryl methyl sites for hydroxylation is 2. The average Bonchev–Trinajstić information content (AvgIpc) is 3.18. The maximum absolute atomic E-state index is 10.7. The minimum atomic E-state index is -0.747. The zero-order chi connectivity index (χ0) is 15.1. The molecule has 1 fully saturated rings. The Balaban J connectivity index is 0.000000347. The van der Waals surface area contributed by atoms with Crippen LogP contribution in [0.5, 0.6) is 0 Å². The molecule has 1 aliphatic rings. The molecule has 20 heavy (non-hydrogen) atoms. The predicted molar refractivity (Wildman–Crippen MR) is 81.4 cm³/mol. The molecule has 0 heterocycles. The molecule has 0 aromatic heterocycles. The maximum Gasteiger partial charge on any atom is 0.307 e. The van der Waals surface area contributed by atoms with Crippen molar-refractivity contribution in [1.29, 1.82) is 0 Å². The molecule has 112 valence electrons. The first kappa shape index (κ1) is 16.7. The monoisotopic (exact) mass is 278 g/mol. The molecule has 0 bridgehead atoms. The van der Waals surface area contributed by atoms with Gasteiger partial charge in [0, 0.05) is 13.2 Å². The third-order valence-electron chi connectivity index (χ3n) is 3.49. The van der Waals surface area contributed by atoms with Crippen LogP contribution in [0.2, 0.25) is 0 Å². The molecule has 0 amide bonds. The number of ether oxygens (including phenoxy) is 1. The van der Waals surface area contributed by atoms with E-state index in [1.165, 1.54) is 24.0 Å². The number of rotatable bonds is 5. The summed E-state index contributed by atoms with van der Waals surface area (Å²) in [6, 6.07) is 4.21. The van der Waals surface area contributed by atoms with Crippen LogP contribution in [0.25, 0.3) is 0 Å². The van der Waals surface area contributed by atoms with Crippen molar-refractivity contribution in [3.63, 3.8) is 0 Å². The van der Waals surface area contributed by atoms with Gasteiger partial charge in [0.05, 0.1) is 6.42 Å². The Kier molecular flexibility index (Phi) is 6.73. The highest BCUT2D eigenvalue weighted by molar-refractivity contribution is 5.71. The van der Waals surface area contributed by atoms with E-state index in [1.807, 2.05) is 20.8 Å². The SMILES string of the molecule is CCOCC.Cc1cc(C)c(C2CC2)cc1CC(=O)O. The van der Waals surface area contributed by atoms with Gasteiger partial charge >= 0.3 is 5.97 Å². The quantitative estimate of drug-likeness (QED) is 0.890. The number of carboxylic acid groups (broad SMARTS) is 1. The van der Waals surface area contributed by atoms with Crippen LogP contribution < -0.4 is 0 Å². The smallest absolute Gasteiger partial charge is 0.307 e. The van der Waals surface area contributed by atoms with Crippen molar-refractivity contribution in [3.05, 3.63) is 34.4 Å². The first-order valence-corrected chi connectivity index (χ1v) is 7.39. The van der Waals surface area contributed by atoms with Gasteiger partial charge in [-0.15, -0.1) is 0 Å². The van der Waals surface area contributed by atoms with Gasteiger partial charge in [-0.1, -0.05) is 12.1 Å². The van der Waals surface area contributed by atoms with E-state index < -0.39 is 5.97 Å². The van der Waals surface area contributed by atoms with Crippen LogP contribution in [0.3, 0.4) is 0 Å². The molecular weight excluding hydrogens is 252 g/mol. The molecule has 2 rings (SSSR count). The molecule has 0 aliphatic heterocycles. The molecule has 1 N–H and O–H groups in total. The average molecular weight is 278 g/mol. The Labute approximate surface area is 122 Å². The Hall–Kier alpha value is -1.35. The molecule has 1 saturated carbocycles. The van der Waals surface area contributed by atoms with E-state index in [-0.39, 0.29) is 6.42 Å². The van der Waals surface area contributed by atoms with Gasteiger partial charge in [-0.2, -0.15) is 0 Å². The van der Waals surface area contributed by atoms with Crippen LogP contribution in [-0.4, -0.2) is 24.3 Å². The van der Waals surface area contributed by atoms with Gasteiger partial charge in [-0.25, -0.2) is 0 Å². The van der Waals surface area contributed by atoms with Crippen LogP contribution >= 0.6 is 0 Å². The minimum absolute atomic E-state index is 0.145. The molecule has 3 nitrogen and oxygen atoms in total. The van der Waals surface area contributed by atoms with Crippen LogP contribution in [-0.2, 0) is 16.0 Å². The van der Waals surface area contributed by atoms with E-state index in [4.69, 9.17) is 9.84 Å². The largest absolute Gasteiger partial charge is 0.481 e. The summed E-state index contributed by atoms with van der Waals surface area (Å²) >= 11 is 0. The lowest BCUT2D eigenvalue weighted by Crippen LogP contribution is -2.03. The second-order valence-corrected chi connectivity index (χ2v) is 5.26. The summed E-state index contributed by atoms with van der Waals surface area (Å²) in [7, 11) is 0. The summed E-state index contributed by atoms with van der Waals surface area (Å²) in [5, 5.41) is 8.81.